The number of thiazole rings is 1. The van der Waals surface area contributed by atoms with Gasteiger partial charge in [-0.2, -0.15) is 0 Å². The summed E-state index contributed by atoms with van der Waals surface area (Å²) < 4.78 is 12.6. The van der Waals surface area contributed by atoms with Gasteiger partial charge in [-0.25, -0.2) is 4.98 Å². The molecule has 5 rings (SSSR count). The molecule has 0 radical (unpaired) electrons. The molecule has 3 aromatic carbocycles. The molecule has 0 fully saturated rings. The SMILES string of the molecule is CCOc1cccc2cc(C(=O)N(Cc3ccccc3)c3nc4c(Cl)cccc4s3)oc12. The monoisotopic (exact) mass is 462 g/mol. The molecule has 7 heteroatoms. The van der Waals surface area contributed by atoms with Crippen molar-refractivity contribution < 1.29 is 13.9 Å². The van der Waals surface area contributed by atoms with E-state index in [-0.39, 0.29) is 11.7 Å². The molecule has 0 aliphatic heterocycles. The highest BCUT2D eigenvalue weighted by Crippen LogP contribution is 2.35. The second-order valence-electron chi connectivity index (χ2n) is 7.18. The highest BCUT2D eigenvalue weighted by molar-refractivity contribution is 7.22. The number of fused-ring (bicyclic) bond motifs is 2. The number of rotatable bonds is 6. The van der Waals surface area contributed by atoms with Gasteiger partial charge < -0.3 is 9.15 Å². The van der Waals surface area contributed by atoms with E-state index in [1.165, 1.54) is 11.3 Å². The number of carbonyl (C=O) groups is 1. The van der Waals surface area contributed by atoms with Gasteiger partial charge in [0.1, 0.15) is 5.52 Å². The van der Waals surface area contributed by atoms with Gasteiger partial charge in [-0.1, -0.05) is 71.5 Å². The maximum absolute atomic E-state index is 13.7. The molecule has 0 saturated carbocycles. The van der Waals surface area contributed by atoms with E-state index in [0.717, 1.165) is 15.6 Å². The lowest BCUT2D eigenvalue weighted by Crippen LogP contribution is -2.30. The molecule has 2 aromatic heterocycles. The zero-order valence-electron chi connectivity index (χ0n) is 17.2. The zero-order valence-corrected chi connectivity index (χ0v) is 18.8. The average molecular weight is 463 g/mol. The first-order valence-corrected chi connectivity index (χ1v) is 11.4. The first-order valence-electron chi connectivity index (χ1n) is 10.2. The van der Waals surface area contributed by atoms with Crippen molar-refractivity contribution in [3.05, 3.63) is 89.1 Å². The van der Waals surface area contributed by atoms with Crippen LogP contribution in [0.25, 0.3) is 21.2 Å². The van der Waals surface area contributed by atoms with Crippen LogP contribution >= 0.6 is 22.9 Å². The topological polar surface area (TPSA) is 55.6 Å². The van der Waals surface area contributed by atoms with Gasteiger partial charge in [0, 0.05) is 5.39 Å². The molecule has 0 atom stereocenters. The second-order valence-corrected chi connectivity index (χ2v) is 8.59. The van der Waals surface area contributed by atoms with Crippen LogP contribution in [0.3, 0.4) is 0 Å². The zero-order chi connectivity index (χ0) is 22.1. The summed E-state index contributed by atoms with van der Waals surface area (Å²) in [5.74, 6) is 0.571. The van der Waals surface area contributed by atoms with Crippen LogP contribution in [-0.4, -0.2) is 17.5 Å². The number of anilines is 1. The molecule has 0 unspecified atom stereocenters. The van der Waals surface area contributed by atoms with Crippen molar-refractivity contribution in [1.82, 2.24) is 4.98 Å². The second kappa shape index (κ2) is 8.65. The van der Waals surface area contributed by atoms with Crippen LogP contribution in [0.4, 0.5) is 5.13 Å². The van der Waals surface area contributed by atoms with Crippen LogP contribution in [-0.2, 0) is 6.54 Å². The number of amides is 1. The van der Waals surface area contributed by atoms with Gasteiger partial charge >= 0.3 is 0 Å². The van der Waals surface area contributed by atoms with E-state index in [2.05, 4.69) is 4.98 Å². The molecular formula is C25H19ClN2O3S. The number of para-hydroxylation sites is 2. The normalized spacial score (nSPS) is 11.2. The Kier molecular flexibility index (Phi) is 5.55. The summed E-state index contributed by atoms with van der Waals surface area (Å²) in [6.45, 7) is 2.77. The fraction of sp³-hybridized carbons (Fsp3) is 0.120. The van der Waals surface area contributed by atoms with Crippen LogP contribution < -0.4 is 9.64 Å². The van der Waals surface area contributed by atoms with Gasteiger partial charge in [-0.15, -0.1) is 0 Å². The lowest BCUT2D eigenvalue weighted by atomic mass is 10.2. The maximum Gasteiger partial charge on any atom is 0.296 e. The summed E-state index contributed by atoms with van der Waals surface area (Å²) in [5, 5.41) is 1.93. The third-order valence-corrected chi connectivity index (χ3v) is 6.39. The molecule has 5 aromatic rings. The lowest BCUT2D eigenvalue weighted by molar-refractivity contribution is 0.0960. The summed E-state index contributed by atoms with van der Waals surface area (Å²) in [4.78, 5) is 20.0. The summed E-state index contributed by atoms with van der Waals surface area (Å²) in [6.07, 6.45) is 0. The molecule has 0 saturated heterocycles. The first-order chi connectivity index (χ1) is 15.6. The van der Waals surface area contributed by atoms with Crippen LogP contribution in [0.1, 0.15) is 23.0 Å². The Labute approximate surface area is 193 Å². The number of aromatic nitrogens is 1. The Morgan fingerprint density at radius 1 is 1.09 bits per heavy atom. The largest absolute Gasteiger partial charge is 0.490 e. The predicted molar refractivity (Wildman–Crippen MR) is 129 cm³/mol. The van der Waals surface area contributed by atoms with E-state index < -0.39 is 0 Å². The van der Waals surface area contributed by atoms with Crippen molar-refractivity contribution in [2.45, 2.75) is 13.5 Å². The Morgan fingerprint density at radius 2 is 1.91 bits per heavy atom. The predicted octanol–water partition coefficient (Wildman–Crippen LogP) is 6.94. The maximum atomic E-state index is 13.7. The Hall–Kier alpha value is -3.35. The summed E-state index contributed by atoms with van der Waals surface area (Å²) in [6, 6.07) is 22.8. The third kappa shape index (κ3) is 3.83. The number of carbonyl (C=O) groups excluding carboxylic acids is 1. The summed E-state index contributed by atoms with van der Waals surface area (Å²) >= 11 is 7.76. The molecule has 0 aliphatic rings. The minimum atomic E-state index is -0.275. The number of furan rings is 1. The van der Waals surface area contributed by atoms with Crippen molar-refractivity contribution in [1.29, 1.82) is 0 Å². The van der Waals surface area contributed by atoms with Gasteiger partial charge in [0.25, 0.3) is 5.91 Å². The minimum absolute atomic E-state index is 0.230. The molecule has 0 spiro atoms. The summed E-state index contributed by atoms with van der Waals surface area (Å²) in [5.41, 5.74) is 2.23. The van der Waals surface area contributed by atoms with Crippen molar-refractivity contribution in [2.75, 3.05) is 11.5 Å². The Morgan fingerprint density at radius 3 is 2.69 bits per heavy atom. The third-order valence-electron chi connectivity index (χ3n) is 5.04. The fourth-order valence-electron chi connectivity index (χ4n) is 3.55. The number of halogens is 1. The highest BCUT2D eigenvalue weighted by Gasteiger charge is 2.26. The smallest absolute Gasteiger partial charge is 0.296 e. The number of hydrogen-bond acceptors (Lipinski definition) is 5. The number of ether oxygens (including phenoxy) is 1. The molecule has 0 bridgehead atoms. The van der Waals surface area contributed by atoms with Crippen LogP contribution in [0.5, 0.6) is 5.75 Å². The van der Waals surface area contributed by atoms with E-state index in [4.69, 9.17) is 20.8 Å². The van der Waals surface area contributed by atoms with Crippen LogP contribution in [0.15, 0.2) is 77.2 Å². The molecule has 0 aliphatic carbocycles. The van der Waals surface area contributed by atoms with E-state index in [0.29, 0.717) is 40.2 Å². The van der Waals surface area contributed by atoms with Crippen LogP contribution in [0, 0.1) is 0 Å². The Balaban J connectivity index is 1.59. The molecule has 1 amide bonds. The Bertz CT molecular complexity index is 1410. The number of nitrogens with zero attached hydrogens (tertiary/aromatic N) is 2. The van der Waals surface area contributed by atoms with Crippen molar-refractivity contribution in [2.24, 2.45) is 0 Å². The molecule has 5 nitrogen and oxygen atoms in total. The van der Waals surface area contributed by atoms with E-state index >= 15 is 0 Å². The lowest BCUT2D eigenvalue weighted by Gasteiger charge is -2.18. The molecule has 2 heterocycles. The fourth-order valence-corrected chi connectivity index (χ4v) is 4.82. The van der Waals surface area contributed by atoms with Crippen LogP contribution in [0.2, 0.25) is 5.02 Å². The molecule has 0 N–H and O–H groups in total. The quantitative estimate of drug-likeness (QED) is 0.274. The minimum Gasteiger partial charge on any atom is -0.490 e. The van der Waals surface area contributed by atoms with Gasteiger partial charge in [-0.3, -0.25) is 9.69 Å². The van der Waals surface area contributed by atoms with Gasteiger partial charge in [0.05, 0.1) is 22.9 Å². The molecule has 160 valence electrons. The highest BCUT2D eigenvalue weighted by atomic mass is 35.5. The van der Waals surface area contributed by atoms with Crippen molar-refractivity contribution in [3.8, 4) is 5.75 Å². The van der Waals surface area contributed by atoms with E-state index in [1.54, 1.807) is 17.0 Å². The first kappa shape index (κ1) is 20.5. The average Bonchev–Trinajstić information content (AvgIpc) is 3.44. The van der Waals surface area contributed by atoms with Crippen molar-refractivity contribution >= 4 is 55.2 Å². The van der Waals surface area contributed by atoms with E-state index in [1.807, 2.05) is 67.6 Å². The summed E-state index contributed by atoms with van der Waals surface area (Å²) in [7, 11) is 0. The van der Waals surface area contributed by atoms with Gasteiger partial charge in [0.15, 0.2) is 22.2 Å². The standard InChI is InChI=1S/C25H19ClN2O3S/c1-2-30-19-12-6-10-17-14-20(31-23(17)19)24(29)28(15-16-8-4-3-5-9-16)25-27-22-18(26)11-7-13-21(22)32-25/h3-14H,2,15H2,1H3. The van der Waals surface area contributed by atoms with Crippen molar-refractivity contribution in [3.63, 3.8) is 0 Å². The van der Waals surface area contributed by atoms with Gasteiger partial charge in [-0.05, 0) is 36.8 Å². The molecule has 32 heavy (non-hydrogen) atoms. The number of benzene rings is 3. The molecular weight excluding hydrogens is 444 g/mol. The van der Waals surface area contributed by atoms with Gasteiger partial charge in [0.2, 0.25) is 0 Å². The number of hydrogen-bond donors (Lipinski definition) is 0. The van der Waals surface area contributed by atoms with E-state index in [9.17, 15) is 4.79 Å².